The Labute approximate surface area is 147 Å². The number of anilines is 1. The number of carbonyl (C=O) groups is 1. The van der Waals surface area contributed by atoms with E-state index in [1.54, 1.807) is 24.3 Å². The Hall–Kier alpha value is -3.31. The standard InChI is InChI=1S/C17H13N5O2S/c1-10-7-13(12-6-4-3-5-11(12)8-18)14(9-19-10)15(23)20-16-21-22-17(24-2)25-16/h3-7,9H,1-2H3,(H,20,21,23). The minimum absolute atomic E-state index is 0.321. The van der Waals surface area contributed by atoms with E-state index in [2.05, 4.69) is 26.6 Å². The lowest BCUT2D eigenvalue weighted by Gasteiger charge is -2.11. The second-order valence-electron chi connectivity index (χ2n) is 5.06. The van der Waals surface area contributed by atoms with Crippen LogP contribution in [0.2, 0.25) is 0 Å². The number of ether oxygens (including phenoxy) is 1. The zero-order valence-corrected chi connectivity index (χ0v) is 14.3. The fourth-order valence-electron chi connectivity index (χ4n) is 2.29. The zero-order chi connectivity index (χ0) is 17.8. The Morgan fingerprint density at radius 2 is 2.08 bits per heavy atom. The lowest BCUT2D eigenvalue weighted by atomic mass is 9.96. The molecule has 3 rings (SSSR count). The maximum Gasteiger partial charge on any atom is 0.295 e. The summed E-state index contributed by atoms with van der Waals surface area (Å²) in [5, 5.41) is 20.3. The largest absolute Gasteiger partial charge is 0.472 e. The first kappa shape index (κ1) is 16.5. The number of carbonyl (C=O) groups excluding carboxylic acids is 1. The van der Waals surface area contributed by atoms with E-state index >= 15 is 0 Å². The van der Waals surface area contributed by atoms with Crippen molar-refractivity contribution in [3.8, 4) is 22.4 Å². The Morgan fingerprint density at radius 1 is 1.28 bits per heavy atom. The summed E-state index contributed by atoms with van der Waals surface area (Å²) in [6.45, 7) is 1.83. The number of aryl methyl sites for hydroxylation is 1. The van der Waals surface area contributed by atoms with Crippen LogP contribution in [0, 0.1) is 18.3 Å². The molecule has 0 radical (unpaired) electrons. The lowest BCUT2D eigenvalue weighted by molar-refractivity contribution is 0.102. The second-order valence-corrected chi connectivity index (χ2v) is 6.00. The van der Waals surface area contributed by atoms with E-state index < -0.39 is 0 Å². The molecule has 3 aromatic rings. The molecule has 0 fully saturated rings. The number of hydrogen-bond donors (Lipinski definition) is 1. The Balaban J connectivity index is 2.02. The summed E-state index contributed by atoms with van der Waals surface area (Å²) in [5.74, 6) is -0.381. The molecule has 25 heavy (non-hydrogen) atoms. The summed E-state index contributed by atoms with van der Waals surface area (Å²) >= 11 is 1.12. The van der Waals surface area contributed by atoms with Crippen LogP contribution in [0.15, 0.2) is 36.5 Å². The van der Waals surface area contributed by atoms with E-state index in [1.165, 1.54) is 13.3 Å². The number of rotatable bonds is 4. The van der Waals surface area contributed by atoms with Crippen molar-refractivity contribution in [1.82, 2.24) is 15.2 Å². The predicted molar refractivity (Wildman–Crippen MR) is 93.5 cm³/mol. The average molecular weight is 351 g/mol. The number of nitriles is 1. The molecular formula is C17H13N5O2S. The molecule has 0 aliphatic rings. The van der Waals surface area contributed by atoms with E-state index in [1.807, 2.05) is 13.0 Å². The molecule has 8 heteroatoms. The number of hydrogen-bond acceptors (Lipinski definition) is 7. The molecule has 0 aliphatic carbocycles. The van der Waals surface area contributed by atoms with Gasteiger partial charge in [0.2, 0.25) is 5.13 Å². The third-order valence-corrected chi connectivity index (χ3v) is 4.22. The van der Waals surface area contributed by atoms with Crippen LogP contribution >= 0.6 is 11.3 Å². The fourth-order valence-corrected chi connectivity index (χ4v) is 2.84. The summed E-state index contributed by atoms with van der Waals surface area (Å²) in [6.07, 6.45) is 1.49. The topological polar surface area (TPSA) is 101 Å². The number of pyridine rings is 1. The molecule has 124 valence electrons. The van der Waals surface area contributed by atoms with Crippen LogP contribution in [-0.4, -0.2) is 28.2 Å². The van der Waals surface area contributed by atoms with E-state index in [9.17, 15) is 10.1 Å². The molecule has 1 aromatic carbocycles. The SMILES string of the molecule is COc1nnc(NC(=O)c2cnc(C)cc2-c2ccccc2C#N)s1. The van der Waals surface area contributed by atoms with E-state index in [-0.39, 0.29) is 5.91 Å². The van der Waals surface area contributed by atoms with Gasteiger partial charge in [-0.05, 0) is 36.0 Å². The van der Waals surface area contributed by atoms with Crippen LogP contribution in [0.1, 0.15) is 21.6 Å². The van der Waals surface area contributed by atoms with Gasteiger partial charge in [0.25, 0.3) is 11.1 Å². The molecule has 2 heterocycles. The maximum atomic E-state index is 12.7. The number of amides is 1. The van der Waals surface area contributed by atoms with Crippen molar-refractivity contribution in [3.05, 3.63) is 53.3 Å². The third-order valence-electron chi connectivity index (χ3n) is 3.42. The van der Waals surface area contributed by atoms with Crippen molar-refractivity contribution in [2.75, 3.05) is 12.4 Å². The van der Waals surface area contributed by atoms with Gasteiger partial charge in [-0.2, -0.15) is 5.26 Å². The summed E-state index contributed by atoms with van der Waals surface area (Å²) in [4.78, 5) is 16.9. The van der Waals surface area contributed by atoms with E-state index in [0.29, 0.717) is 32.6 Å². The van der Waals surface area contributed by atoms with Crippen LogP contribution in [0.5, 0.6) is 5.19 Å². The zero-order valence-electron chi connectivity index (χ0n) is 13.5. The summed E-state index contributed by atoms with van der Waals surface area (Å²) < 4.78 is 4.97. The van der Waals surface area contributed by atoms with Crippen molar-refractivity contribution in [2.45, 2.75) is 6.92 Å². The third kappa shape index (κ3) is 3.46. The molecule has 1 amide bonds. The normalized spacial score (nSPS) is 10.1. The Morgan fingerprint density at radius 3 is 2.80 bits per heavy atom. The van der Waals surface area contributed by atoms with Crippen LogP contribution in [0.4, 0.5) is 5.13 Å². The fraction of sp³-hybridized carbons (Fsp3) is 0.118. The smallest absolute Gasteiger partial charge is 0.295 e. The molecule has 1 N–H and O–H groups in total. The van der Waals surface area contributed by atoms with Crippen molar-refractivity contribution in [3.63, 3.8) is 0 Å². The lowest BCUT2D eigenvalue weighted by Crippen LogP contribution is -2.14. The van der Waals surface area contributed by atoms with Crippen molar-refractivity contribution >= 4 is 22.4 Å². The number of aromatic nitrogens is 3. The van der Waals surface area contributed by atoms with Gasteiger partial charge >= 0.3 is 0 Å². The van der Waals surface area contributed by atoms with Crippen molar-refractivity contribution in [2.24, 2.45) is 0 Å². The average Bonchev–Trinajstić information content (AvgIpc) is 3.09. The molecule has 2 aromatic heterocycles. The van der Waals surface area contributed by atoms with Crippen molar-refractivity contribution in [1.29, 1.82) is 5.26 Å². The number of benzene rings is 1. The van der Waals surface area contributed by atoms with Gasteiger partial charge in [-0.1, -0.05) is 23.3 Å². The van der Waals surface area contributed by atoms with Crippen LogP contribution < -0.4 is 10.1 Å². The second kappa shape index (κ2) is 7.07. The predicted octanol–water partition coefficient (Wildman–Crippen LogP) is 3.04. The molecule has 0 saturated carbocycles. The van der Waals surface area contributed by atoms with Gasteiger partial charge in [-0.3, -0.25) is 15.1 Å². The molecule has 0 spiro atoms. The van der Waals surface area contributed by atoms with Gasteiger partial charge in [0.1, 0.15) is 0 Å². The van der Waals surface area contributed by atoms with Crippen LogP contribution in [0.3, 0.4) is 0 Å². The molecular weight excluding hydrogens is 338 g/mol. The number of methoxy groups -OCH3 is 1. The van der Waals surface area contributed by atoms with Gasteiger partial charge < -0.3 is 4.74 Å². The van der Waals surface area contributed by atoms with Gasteiger partial charge in [0.05, 0.1) is 24.3 Å². The van der Waals surface area contributed by atoms with Crippen LogP contribution in [0.25, 0.3) is 11.1 Å². The molecule has 0 bridgehead atoms. The minimum Gasteiger partial charge on any atom is -0.472 e. The molecule has 0 saturated heterocycles. The highest BCUT2D eigenvalue weighted by Gasteiger charge is 2.18. The molecule has 0 aliphatic heterocycles. The Kier molecular flexibility index (Phi) is 4.68. The van der Waals surface area contributed by atoms with Gasteiger partial charge in [-0.15, -0.1) is 5.10 Å². The maximum absolute atomic E-state index is 12.7. The highest BCUT2D eigenvalue weighted by molar-refractivity contribution is 7.17. The summed E-state index contributed by atoms with van der Waals surface area (Å²) in [7, 11) is 1.48. The van der Waals surface area contributed by atoms with Gasteiger partial charge in [0.15, 0.2) is 0 Å². The van der Waals surface area contributed by atoms with Crippen LogP contribution in [-0.2, 0) is 0 Å². The first-order chi connectivity index (χ1) is 12.1. The van der Waals surface area contributed by atoms with Gasteiger partial charge in [-0.25, -0.2) is 0 Å². The highest BCUT2D eigenvalue weighted by atomic mass is 32.1. The van der Waals surface area contributed by atoms with E-state index in [0.717, 1.165) is 17.0 Å². The first-order valence-electron chi connectivity index (χ1n) is 7.27. The molecule has 0 unspecified atom stereocenters. The first-order valence-corrected chi connectivity index (χ1v) is 8.09. The summed E-state index contributed by atoms with van der Waals surface area (Å²) in [5.41, 5.74) is 2.90. The van der Waals surface area contributed by atoms with E-state index in [4.69, 9.17) is 4.74 Å². The van der Waals surface area contributed by atoms with Gasteiger partial charge in [0, 0.05) is 17.5 Å². The quantitative estimate of drug-likeness (QED) is 0.775. The number of nitrogens with one attached hydrogen (secondary N) is 1. The molecule has 0 atom stereocenters. The summed E-state index contributed by atoms with van der Waals surface area (Å²) in [6, 6.07) is 11.1. The Bertz CT molecular complexity index is 977. The molecule has 7 nitrogen and oxygen atoms in total. The number of nitrogens with zero attached hydrogens (tertiary/aromatic N) is 4. The highest BCUT2D eigenvalue weighted by Crippen LogP contribution is 2.29. The monoisotopic (exact) mass is 351 g/mol. The van der Waals surface area contributed by atoms with Crippen molar-refractivity contribution < 1.29 is 9.53 Å². The minimum atomic E-state index is -0.381.